The van der Waals surface area contributed by atoms with Gasteiger partial charge in [-0.3, -0.25) is 9.78 Å². The van der Waals surface area contributed by atoms with Gasteiger partial charge in [-0.25, -0.2) is 4.98 Å². The normalized spacial score (nSPS) is 10.7. The summed E-state index contributed by atoms with van der Waals surface area (Å²) in [4.78, 5) is 20.4. The molecule has 0 unspecified atom stereocenters. The van der Waals surface area contributed by atoms with Crippen LogP contribution in [0.25, 0.3) is 5.65 Å². The molecule has 0 saturated heterocycles. The van der Waals surface area contributed by atoms with Crippen LogP contribution in [0.15, 0.2) is 42.9 Å². The minimum atomic E-state index is -0.152. The Morgan fingerprint density at radius 2 is 1.90 bits per heavy atom. The van der Waals surface area contributed by atoms with Crippen LogP contribution in [0, 0.1) is 13.8 Å². The topological polar surface area (TPSA) is 59.3 Å². The van der Waals surface area contributed by atoms with Crippen LogP contribution in [0.4, 0.5) is 5.69 Å². The van der Waals surface area contributed by atoms with Crippen LogP contribution < -0.4 is 5.32 Å². The highest BCUT2D eigenvalue weighted by atomic mass is 16.1. The van der Waals surface area contributed by atoms with Gasteiger partial charge in [0.2, 0.25) is 0 Å². The molecule has 0 radical (unpaired) electrons. The second-order valence-corrected chi connectivity index (χ2v) is 4.62. The molecular weight excluding hydrogens is 252 g/mol. The summed E-state index contributed by atoms with van der Waals surface area (Å²) in [6, 6.07) is 7.10. The number of imidazole rings is 1. The molecule has 3 rings (SSSR count). The fourth-order valence-corrected chi connectivity index (χ4v) is 2.06. The fraction of sp³-hybridized carbons (Fsp3) is 0.133. The van der Waals surface area contributed by atoms with Gasteiger partial charge in [-0.05, 0) is 38.1 Å². The number of hydrogen-bond donors (Lipinski definition) is 1. The summed E-state index contributed by atoms with van der Waals surface area (Å²) in [6.07, 6.45) is 5.08. The van der Waals surface area contributed by atoms with Gasteiger partial charge in [-0.1, -0.05) is 0 Å². The maximum atomic E-state index is 12.1. The molecule has 3 aromatic rings. The van der Waals surface area contributed by atoms with Crippen LogP contribution in [-0.4, -0.2) is 20.3 Å². The molecule has 0 saturated carbocycles. The van der Waals surface area contributed by atoms with Crippen molar-refractivity contribution < 1.29 is 4.79 Å². The maximum absolute atomic E-state index is 12.1. The Bertz CT molecular complexity index is 777. The van der Waals surface area contributed by atoms with Gasteiger partial charge < -0.3 is 9.72 Å². The van der Waals surface area contributed by atoms with E-state index in [2.05, 4.69) is 15.3 Å². The van der Waals surface area contributed by atoms with E-state index in [1.165, 1.54) is 0 Å². The molecule has 0 spiro atoms. The molecule has 100 valence electrons. The van der Waals surface area contributed by atoms with Crippen molar-refractivity contribution >= 4 is 17.2 Å². The summed E-state index contributed by atoms with van der Waals surface area (Å²) < 4.78 is 1.97. The van der Waals surface area contributed by atoms with Gasteiger partial charge in [0.25, 0.3) is 5.91 Å². The molecule has 20 heavy (non-hydrogen) atoms. The zero-order valence-electron chi connectivity index (χ0n) is 11.3. The van der Waals surface area contributed by atoms with Gasteiger partial charge >= 0.3 is 0 Å². The Labute approximate surface area is 116 Å². The van der Waals surface area contributed by atoms with E-state index in [0.29, 0.717) is 5.56 Å². The highest BCUT2D eigenvalue weighted by Gasteiger charge is 2.08. The van der Waals surface area contributed by atoms with Crippen LogP contribution in [0.3, 0.4) is 0 Å². The van der Waals surface area contributed by atoms with E-state index in [9.17, 15) is 4.79 Å². The molecule has 0 aromatic carbocycles. The van der Waals surface area contributed by atoms with Gasteiger partial charge in [0.15, 0.2) is 0 Å². The first kappa shape index (κ1) is 12.3. The quantitative estimate of drug-likeness (QED) is 0.775. The monoisotopic (exact) mass is 266 g/mol. The van der Waals surface area contributed by atoms with Crippen LogP contribution >= 0.6 is 0 Å². The highest BCUT2D eigenvalue weighted by molar-refractivity contribution is 6.04. The number of aromatic nitrogens is 3. The lowest BCUT2D eigenvalue weighted by Crippen LogP contribution is -2.12. The number of carbonyl (C=O) groups excluding carboxylic acids is 1. The summed E-state index contributed by atoms with van der Waals surface area (Å²) in [5, 5.41) is 2.87. The molecule has 5 nitrogen and oxygen atoms in total. The predicted molar refractivity (Wildman–Crippen MR) is 76.9 cm³/mol. The molecule has 0 aliphatic carbocycles. The van der Waals surface area contributed by atoms with E-state index in [1.54, 1.807) is 24.5 Å². The van der Waals surface area contributed by atoms with Gasteiger partial charge in [-0.15, -0.1) is 0 Å². The number of nitrogens with zero attached hydrogens (tertiary/aromatic N) is 3. The van der Waals surface area contributed by atoms with Gasteiger partial charge in [0.05, 0.1) is 11.4 Å². The lowest BCUT2D eigenvalue weighted by Gasteiger charge is -2.06. The van der Waals surface area contributed by atoms with Gasteiger partial charge in [0, 0.05) is 29.8 Å². The molecule has 3 aromatic heterocycles. The smallest absolute Gasteiger partial charge is 0.255 e. The van der Waals surface area contributed by atoms with E-state index in [4.69, 9.17) is 0 Å². The highest BCUT2D eigenvalue weighted by Crippen LogP contribution is 2.16. The average Bonchev–Trinajstić information content (AvgIpc) is 2.75. The first-order valence-corrected chi connectivity index (χ1v) is 6.32. The number of amides is 1. The van der Waals surface area contributed by atoms with Crippen molar-refractivity contribution in [3.63, 3.8) is 0 Å². The van der Waals surface area contributed by atoms with Crippen molar-refractivity contribution in [2.45, 2.75) is 13.8 Å². The first-order valence-electron chi connectivity index (χ1n) is 6.32. The van der Waals surface area contributed by atoms with Crippen LogP contribution in [0.1, 0.15) is 21.7 Å². The van der Waals surface area contributed by atoms with E-state index in [1.807, 2.05) is 36.6 Å². The summed E-state index contributed by atoms with van der Waals surface area (Å²) in [5.74, 6) is -0.152. The number of rotatable bonds is 2. The second-order valence-electron chi connectivity index (χ2n) is 4.62. The Morgan fingerprint density at radius 1 is 1.15 bits per heavy atom. The van der Waals surface area contributed by atoms with Crippen LogP contribution in [0.2, 0.25) is 0 Å². The molecule has 0 aliphatic rings. The molecule has 3 heterocycles. The number of aryl methyl sites for hydroxylation is 2. The standard InChI is InChI=1S/C15H14N4O/c1-10-11(2)19-9-13(3-4-14(19)17-10)18-15(20)12-5-7-16-8-6-12/h3-9H,1-2H3,(H,18,20). The molecule has 0 bridgehead atoms. The minimum absolute atomic E-state index is 0.152. The number of hydrogen-bond acceptors (Lipinski definition) is 3. The summed E-state index contributed by atoms with van der Waals surface area (Å²) in [6.45, 7) is 3.97. The summed E-state index contributed by atoms with van der Waals surface area (Å²) in [5.41, 5.74) is 4.25. The minimum Gasteiger partial charge on any atom is -0.321 e. The Balaban J connectivity index is 1.91. The number of anilines is 1. The molecule has 0 fully saturated rings. The Kier molecular flexibility index (Phi) is 2.95. The second kappa shape index (κ2) is 4.77. The Hall–Kier alpha value is -2.69. The molecule has 5 heteroatoms. The lowest BCUT2D eigenvalue weighted by molar-refractivity contribution is 0.102. The first-order chi connectivity index (χ1) is 9.65. The number of fused-ring (bicyclic) bond motifs is 1. The van der Waals surface area contributed by atoms with E-state index in [-0.39, 0.29) is 5.91 Å². The Morgan fingerprint density at radius 3 is 2.65 bits per heavy atom. The van der Waals surface area contributed by atoms with Crippen molar-refractivity contribution in [3.05, 3.63) is 59.8 Å². The zero-order chi connectivity index (χ0) is 14.1. The predicted octanol–water partition coefficient (Wildman–Crippen LogP) is 2.60. The SMILES string of the molecule is Cc1nc2ccc(NC(=O)c3ccncc3)cn2c1C. The molecular formula is C15H14N4O. The van der Waals surface area contributed by atoms with Gasteiger partial charge in [0.1, 0.15) is 5.65 Å². The number of carbonyl (C=O) groups is 1. The fourth-order valence-electron chi connectivity index (χ4n) is 2.06. The van der Waals surface area contributed by atoms with Crippen LogP contribution in [-0.2, 0) is 0 Å². The molecule has 1 N–H and O–H groups in total. The van der Waals surface area contributed by atoms with Crippen LogP contribution in [0.5, 0.6) is 0 Å². The van der Waals surface area contributed by atoms with Crippen molar-refractivity contribution in [3.8, 4) is 0 Å². The summed E-state index contributed by atoms with van der Waals surface area (Å²) in [7, 11) is 0. The maximum Gasteiger partial charge on any atom is 0.255 e. The van der Waals surface area contributed by atoms with E-state index < -0.39 is 0 Å². The lowest BCUT2D eigenvalue weighted by atomic mass is 10.2. The van der Waals surface area contributed by atoms with Gasteiger partial charge in [-0.2, -0.15) is 0 Å². The average molecular weight is 266 g/mol. The van der Waals surface area contributed by atoms with Crippen molar-refractivity contribution in [1.82, 2.24) is 14.4 Å². The third-order valence-corrected chi connectivity index (χ3v) is 3.29. The summed E-state index contributed by atoms with van der Waals surface area (Å²) >= 11 is 0. The van der Waals surface area contributed by atoms with Crippen molar-refractivity contribution in [1.29, 1.82) is 0 Å². The third kappa shape index (κ3) is 2.14. The number of nitrogens with one attached hydrogen (secondary N) is 1. The zero-order valence-corrected chi connectivity index (χ0v) is 11.3. The largest absolute Gasteiger partial charge is 0.321 e. The van der Waals surface area contributed by atoms with E-state index >= 15 is 0 Å². The molecule has 0 aliphatic heterocycles. The van der Waals surface area contributed by atoms with Crippen molar-refractivity contribution in [2.75, 3.05) is 5.32 Å². The molecule has 0 atom stereocenters. The third-order valence-electron chi connectivity index (χ3n) is 3.29. The van der Waals surface area contributed by atoms with Crippen molar-refractivity contribution in [2.24, 2.45) is 0 Å². The molecule has 1 amide bonds. The van der Waals surface area contributed by atoms with E-state index in [0.717, 1.165) is 22.7 Å². The number of pyridine rings is 2.